The maximum absolute atomic E-state index is 11.0. The molecule has 82 valence electrons. The molecule has 1 N–H and O–H groups in total. The number of carbonyl (C=O) groups is 1. The molecule has 0 saturated carbocycles. The van der Waals surface area contributed by atoms with Crippen LogP contribution < -0.4 is 5.32 Å². The molecule has 1 aromatic rings. The van der Waals surface area contributed by atoms with E-state index in [0.717, 1.165) is 17.5 Å². The molecule has 0 aliphatic rings. The van der Waals surface area contributed by atoms with E-state index in [0.29, 0.717) is 5.13 Å². The number of nitrogens with zero attached hydrogens (tertiary/aromatic N) is 2. The molecule has 7 nitrogen and oxygen atoms in total. The van der Waals surface area contributed by atoms with Crippen molar-refractivity contribution in [2.24, 2.45) is 0 Å². The summed E-state index contributed by atoms with van der Waals surface area (Å²) in [5.74, 6) is -0.451. The molecule has 0 amide bonds. The second kappa shape index (κ2) is 4.69. The van der Waals surface area contributed by atoms with E-state index >= 15 is 0 Å². The summed E-state index contributed by atoms with van der Waals surface area (Å²) in [5, 5.41) is 13.3. The fraction of sp³-hybridized carbons (Fsp3) is 0.429. The van der Waals surface area contributed by atoms with E-state index in [1.807, 2.05) is 0 Å². The van der Waals surface area contributed by atoms with E-state index in [-0.39, 0.29) is 5.00 Å². The number of hydrogen-bond acceptors (Lipinski definition) is 7. The van der Waals surface area contributed by atoms with Crippen molar-refractivity contribution in [1.82, 2.24) is 4.98 Å². The molecule has 0 bridgehead atoms. The fourth-order valence-electron chi connectivity index (χ4n) is 0.838. The van der Waals surface area contributed by atoms with E-state index in [9.17, 15) is 14.9 Å². The van der Waals surface area contributed by atoms with Gasteiger partial charge >= 0.3 is 11.0 Å². The number of methoxy groups -OCH3 is 1. The largest absolute Gasteiger partial charge is 0.467 e. The number of hydrogen-bond donors (Lipinski definition) is 1. The number of carbonyl (C=O) groups excluding carboxylic acids is 1. The van der Waals surface area contributed by atoms with Crippen LogP contribution >= 0.6 is 11.3 Å². The molecule has 1 unspecified atom stereocenters. The minimum absolute atomic E-state index is 0.0745. The van der Waals surface area contributed by atoms with Crippen LogP contribution in [0, 0.1) is 10.1 Å². The maximum Gasteiger partial charge on any atom is 0.345 e. The highest BCUT2D eigenvalue weighted by Crippen LogP contribution is 2.25. The van der Waals surface area contributed by atoms with Crippen molar-refractivity contribution in [1.29, 1.82) is 0 Å². The molecule has 0 spiro atoms. The molecule has 0 aliphatic heterocycles. The lowest BCUT2D eigenvalue weighted by Gasteiger charge is -2.08. The lowest BCUT2D eigenvalue weighted by Crippen LogP contribution is -2.26. The van der Waals surface area contributed by atoms with Gasteiger partial charge in [0.05, 0.1) is 12.0 Å². The van der Waals surface area contributed by atoms with Crippen molar-refractivity contribution >= 4 is 27.4 Å². The van der Waals surface area contributed by atoms with E-state index in [4.69, 9.17) is 0 Å². The summed E-state index contributed by atoms with van der Waals surface area (Å²) < 4.78 is 4.48. The number of ether oxygens (including phenoxy) is 1. The third-order valence-corrected chi connectivity index (χ3v) is 2.45. The Labute approximate surface area is 89.2 Å². The van der Waals surface area contributed by atoms with Gasteiger partial charge in [-0.1, -0.05) is 0 Å². The molecule has 1 atom stereocenters. The monoisotopic (exact) mass is 231 g/mol. The first-order chi connectivity index (χ1) is 7.04. The van der Waals surface area contributed by atoms with Gasteiger partial charge in [0.1, 0.15) is 12.2 Å². The highest BCUT2D eigenvalue weighted by atomic mass is 32.1. The standard InChI is InChI=1S/C7H9N3O4S/c1-4(6(11)14-2)9-7-8-3-5(15-7)10(12)13/h3-4H,1-2H3,(H,8,9). The Morgan fingerprint density at radius 1 is 1.80 bits per heavy atom. The van der Waals surface area contributed by atoms with E-state index in [1.165, 1.54) is 7.11 Å². The van der Waals surface area contributed by atoms with Gasteiger partial charge in [-0.15, -0.1) is 0 Å². The number of thiazole rings is 1. The van der Waals surface area contributed by atoms with Gasteiger partial charge in [-0.05, 0) is 18.3 Å². The van der Waals surface area contributed by atoms with Crippen molar-refractivity contribution in [2.45, 2.75) is 13.0 Å². The van der Waals surface area contributed by atoms with Gasteiger partial charge in [0.2, 0.25) is 0 Å². The third kappa shape index (κ3) is 2.88. The van der Waals surface area contributed by atoms with Crippen LogP contribution in [0.4, 0.5) is 10.1 Å². The van der Waals surface area contributed by atoms with Gasteiger partial charge in [0.15, 0.2) is 5.13 Å². The molecule has 1 aromatic heterocycles. The van der Waals surface area contributed by atoms with Crippen molar-refractivity contribution in [3.63, 3.8) is 0 Å². The highest BCUT2D eigenvalue weighted by Gasteiger charge is 2.17. The first-order valence-corrected chi connectivity index (χ1v) is 4.81. The fourth-order valence-corrected chi connectivity index (χ4v) is 1.56. The molecule has 1 rings (SSSR count). The summed E-state index contributed by atoms with van der Waals surface area (Å²) in [6.45, 7) is 1.58. The Morgan fingerprint density at radius 2 is 2.47 bits per heavy atom. The van der Waals surface area contributed by atoms with Gasteiger partial charge in [-0.3, -0.25) is 10.1 Å². The van der Waals surface area contributed by atoms with Crippen molar-refractivity contribution in [2.75, 3.05) is 12.4 Å². The minimum Gasteiger partial charge on any atom is -0.467 e. The summed E-state index contributed by atoms with van der Waals surface area (Å²) in [5.41, 5.74) is 0. The van der Waals surface area contributed by atoms with Crippen molar-refractivity contribution in [3.8, 4) is 0 Å². The van der Waals surface area contributed by atoms with Crippen LogP contribution in [-0.4, -0.2) is 29.0 Å². The summed E-state index contributed by atoms with van der Waals surface area (Å²) >= 11 is 0.868. The summed E-state index contributed by atoms with van der Waals surface area (Å²) in [6.07, 6.45) is 1.14. The van der Waals surface area contributed by atoms with Gasteiger partial charge in [-0.2, -0.15) is 0 Å². The van der Waals surface area contributed by atoms with Crippen LogP contribution in [0.1, 0.15) is 6.92 Å². The molecular weight excluding hydrogens is 222 g/mol. The number of nitrogens with one attached hydrogen (secondary N) is 1. The highest BCUT2D eigenvalue weighted by molar-refractivity contribution is 7.18. The van der Waals surface area contributed by atoms with Crippen LogP contribution in [0.3, 0.4) is 0 Å². The van der Waals surface area contributed by atoms with Crippen LogP contribution in [0.25, 0.3) is 0 Å². The lowest BCUT2D eigenvalue weighted by atomic mass is 10.3. The number of esters is 1. The van der Waals surface area contributed by atoms with Gasteiger partial charge < -0.3 is 10.1 Å². The lowest BCUT2D eigenvalue weighted by molar-refractivity contribution is -0.380. The maximum atomic E-state index is 11.0. The normalized spacial score (nSPS) is 11.9. The van der Waals surface area contributed by atoms with Gasteiger partial charge in [0.25, 0.3) is 0 Å². The second-order valence-corrected chi connectivity index (χ2v) is 3.66. The number of aromatic nitrogens is 1. The topological polar surface area (TPSA) is 94.4 Å². The van der Waals surface area contributed by atoms with E-state index in [1.54, 1.807) is 6.92 Å². The van der Waals surface area contributed by atoms with E-state index < -0.39 is 16.9 Å². The molecular formula is C7H9N3O4S. The third-order valence-electron chi connectivity index (χ3n) is 1.57. The Bertz CT molecular complexity index is 378. The van der Waals surface area contributed by atoms with Gasteiger partial charge in [-0.25, -0.2) is 9.78 Å². The van der Waals surface area contributed by atoms with Crippen molar-refractivity contribution in [3.05, 3.63) is 16.3 Å². The average Bonchev–Trinajstić information content (AvgIpc) is 2.65. The Morgan fingerprint density at radius 3 is 2.93 bits per heavy atom. The van der Waals surface area contributed by atoms with Crippen molar-refractivity contribution < 1.29 is 14.5 Å². The number of nitro groups is 1. The first-order valence-electron chi connectivity index (χ1n) is 3.99. The first kappa shape index (κ1) is 11.4. The predicted molar refractivity (Wildman–Crippen MR) is 53.9 cm³/mol. The average molecular weight is 231 g/mol. The molecule has 0 aromatic carbocycles. The summed E-state index contributed by atoms with van der Waals surface area (Å²) in [4.78, 5) is 24.6. The van der Waals surface area contributed by atoms with Crippen LogP contribution in [0.2, 0.25) is 0 Å². The molecule has 0 saturated heterocycles. The zero-order valence-electron chi connectivity index (χ0n) is 8.09. The molecule has 0 fully saturated rings. The second-order valence-electron chi connectivity index (χ2n) is 2.65. The smallest absolute Gasteiger partial charge is 0.345 e. The Hall–Kier alpha value is -1.70. The van der Waals surface area contributed by atoms with Gasteiger partial charge in [0, 0.05) is 0 Å². The summed E-state index contributed by atoms with van der Waals surface area (Å²) in [7, 11) is 1.27. The molecule has 0 aliphatic carbocycles. The molecule has 8 heteroatoms. The Balaban J connectivity index is 2.65. The zero-order chi connectivity index (χ0) is 11.4. The van der Waals surface area contributed by atoms with Crippen LogP contribution in [-0.2, 0) is 9.53 Å². The molecule has 1 heterocycles. The quantitative estimate of drug-likeness (QED) is 0.472. The van der Waals surface area contributed by atoms with Crippen LogP contribution in [0.5, 0.6) is 0 Å². The van der Waals surface area contributed by atoms with Crippen LogP contribution in [0.15, 0.2) is 6.20 Å². The summed E-state index contributed by atoms with van der Waals surface area (Å²) in [6, 6.07) is -0.583. The van der Waals surface area contributed by atoms with E-state index in [2.05, 4.69) is 15.0 Å². The SMILES string of the molecule is COC(=O)C(C)Nc1ncc([N+](=O)[O-])s1. The predicted octanol–water partition coefficient (Wildman–Crippen LogP) is 1.02. The zero-order valence-corrected chi connectivity index (χ0v) is 8.91. The number of anilines is 1. The Kier molecular flexibility index (Phi) is 3.56. The molecule has 15 heavy (non-hydrogen) atoms. The number of rotatable bonds is 4. The minimum atomic E-state index is -0.583. The molecule has 0 radical (unpaired) electrons.